The molecule has 0 saturated carbocycles. The molecule has 3 aromatic carbocycles. The molecule has 2 unspecified atom stereocenters. The monoisotopic (exact) mass is 330 g/mol. The zero-order chi connectivity index (χ0) is 17.6. The number of phenols is 1. The molecule has 0 saturated heterocycles. The minimum absolute atomic E-state index is 0.0655. The van der Waals surface area contributed by atoms with E-state index < -0.39 is 0 Å². The van der Waals surface area contributed by atoms with Crippen molar-refractivity contribution in [3.63, 3.8) is 0 Å². The average Bonchev–Trinajstić information content (AvgIpc) is 2.90. The highest BCUT2D eigenvalue weighted by Crippen LogP contribution is 2.52. The van der Waals surface area contributed by atoms with Gasteiger partial charge in [-0.3, -0.25) is 0 Å². The molecule has 0 fully saturated rings. The van der Waals surface area contributed by atoms with Gasteiger partial charge in [0.2, 0.25) is 0 Å². The van der Waals surface area contributed by atoms with Gasteiger partial charge in [0.15, 0.2) is 0 Å². The molecule has 0 radical (unpaired) electrons. The summed E-state index contributed by atoms with van der Waals surface area (Å²) in [6.45, 7) is 6.97. The molecule has 1 aliphatic rings. The summed E-state index contributed by atoms with van der Waals surface area (Å²) >= 11 is 0. The van der Waals surface area contributed by atoms with Crippen molar-refractivity contribution in [1.82, 2.24) is 0 Å². The van der Waals surface area contributed by atoms with Gasteiger partial charge >= 0.3 is 0 Å². The van der Waals surface area contributed by atoms with Crippen molar-refractivity contribution in [2.45, 2.75) is 50.9 Å². The lowest BCUT2D eigenvalue weighted by atomic mass is 9.72. The zero-order valence-corrected chi connectivity index (χ0v) is 15.3. The van der Waals surface area contributed by atoms with Gasteiger partial charge in [-0.2, -0.15) is 0 Å². The molecular formula is C24H26O. The van der Waals surface area contributed by atoms with Crippen molar-refractivity contribution >= 4 is 10.8 Å². The highest BCUT2D eigenvalue weighted by Gasteiger charge is 2.37. The second-order valence-corrected chi connectivity index (χ2v) is 8.05. The number of benzene rings is 3. The fourth-order valence-electron chi connectivity index (χ4n) is 4.79. The first kappa shape index (κ1) is 16.2. The van der Waals surface area contributed by atoms with E-state index in [1.807, 2.05) is 0 Å². The molecular weight excluding hydrogens is 304 g/mol. The standard InChI is InChI=1S/C24H26O/c1-4-19-20-9-5-7-16-8-6-10-21(23(16)20)22(19)15-24(2,3)17-11-13-18(25)14-12-17/h5-14,19,22,25H,4,15H2,1-3H3. The van der Waals surface area contributed by atoms with Crippen LogP contribution in [0.1, 0.15) is 62.1 Å². The third-order valence-electron chi connectivity index (χ3n) is 6.07. The van der Waals surface area contributed by atoms with Crippen LogP contribution >= 0.6 is 0 Å². The molecule has 3 aromatic rings. The summed E-state index contributed by atoms with van der Waals surface area (Å²) < 4.78 is 0. The highest BCUT2D eigenvalue weighted by molar-refractivity contribution is 5.92. The Morgan fingerprint density at radius 1 is 0.840 bits per heavy atom. The number of rotatable bonds is 4. The second-order valence-electron chi connectivity index (χ2n) is 8.05. The summed E-state index contributed by atoms with van der Waals surface area (Å²) in [5, 5.41) is 12.5. The van der Waals surface area contributed by atoms with E-state index in [2.05, 4.69) is 69.3 Å². The van der Waals surface area contributed by atoms with Gasteiger partial charge in [-0.1, -0.05) is 69.3 Å². The van der Waals surface area contributed by atoms with Crippen molar-refractivity contribution in [3.05, 3.63) is 77.4 Å². The number of hydrogen-bond donors (Lipinski definition) is 1. The van der Waals surface area contributed by atoms with Gasteiger partial charge in [0.1, 0.15) is 5.75 Å². The van der Waals surface area contributed by atoms with Gasteiger partial charge in [0, 0.05) is 0 Å². The van der Waals surface area contributed by atoms with E-state index in [0.717, 1.165) is 6.42 Å². The molecule has 0 spiro atoms. The highest BCUT2D eigenvalue weighted by atomic mass is 16.3. The van der Waals surface area contributed by atoms with E-state index in [4.69, 9.17) is 0 Å². The maximum absolute atomic E-state index is 9.61. The Balaban J connectivity index is 1.76. The van der Waals surface area contributed by atoms with Crippen molar-refractivity contribution in [2.24, 2.45) is 0 Å². The lowest BCUT2D eigenvalue weighted by molar-refractivity contribution is 0.387. The van der Waals surface area contributed by atoms with Gasteiger partial charge < -0.3 is 5.11 Å². The molecule has 128 valence electrons. The topological polar surface area (TPSA) is 20.2 Å². The normalized spacial score (nSPS) is 19.5. The minimum atomic E-state index is 0.0655. The number of hydrogen-bond acceptors (Lipinski definition) is 1. The Labute approximate surface area is 150 Å². The molecule has 1 heteroatoms. The van der Waals surface area contributed by atoms with Crippen LogP contribution in [0.3, 0.4) is 0 Å². The Kier molecular flexibility index (Phi) is 3.83. The minimum Gasteiger partial charge on any atom is -0.508 e. The van der Waals surface area contributed by atoms with Crippen LogP contribution in [0.15, 0.2) is 60.7 Å². The Morgan fingerprint density at radius 3 is 2.04 bits per heavy atom. The van der Waals surface area contributed by atoms with Crippen LogP contribution in [0.5, 0.6) is 5.75 Å². The van der Waals surface area contributed by atoms with Gasteiger partial charge in [-0.05, 0) is 69.7 Å². The molecule has 2 atom stereocenters. The van der Waals surface area contributed by atoms with E-state index in [1.54, 1.807) is 12.1 Å². The van der Waals surface area contributed by atoms with Crippen LogP contribution in [-0.2, 0) is 5.41 Å². The summed E-state index contributed by atoms with van der Waals surface area (Å²) in [5.74, 6) is 1.48. The summed E-state index contributed by atoms with van der Waals surface area (Å²) in [7, 11) is 0. The first-order valence-electron chi connectivity index (χ1n) is 9.32. The molecule has 0 aromatic heterocycles. The average molecular weight is 330 g/mol. The zero-order valence-electron chi connectivity index (χ0n) is 15.3. The molecule has 1 aliphatic carbocycles. The maximum atomic E-state index is 9.61. The largest absolute Gasteiger partial charge is 0.508 e. The molecule has 25 heavy (non-hydrogen) atoms. The van der Waals surface area contributed by atoms with E-state index in [-0.39, 0.29) is 5.41 Å². The van der Waals surface area contributed by atoms with Crippen LogP contribution in [-0.4, -0.2) is 5.11 Å². The van der Waals surface area contributed by atoms with Crippen molar-refractivity contribution in [1.29, 1.82) is 0 Å². The van der Waals surface area contributed by atoms with Gasteiger partial charge in [0.05, 0.1) is 0 Å². The predicted molar refractivity (Wildman–Crippen MR) is 105 cm³/mol. The van der Waals surface area contributed by atoms with Gasteiger partial charge in [-0.25, -0.2) is 0 Å². The van der Waals surface area contributed by atoms with Crippen LogP contribution < -0.4 is 0 Å². The summed E-state index contributed by atoms with van der Waals surface area (Å²) in [4.78, 5) is 0. The molecule has 4 rings (SSSR count). The first-order valence-corrected chi connectivity index (χ1v) is 9.32. The van der Waals surface area contributed by atoms with Crippen LogP contribution in [0.4, 0.5) is 0 Å². The Bertz CT molecular complexity index is 900. The molecule has 0 amide bonds. The fourth-order valence-corrected chi connectivity index (χ4v) is 4.79. The lowest BCUT2D eigenvalue weighted by Crippen LogP contribution is -2.22. The SMILES string of the molecule is CCC1c2cccc3cccc(c23)C1CC(C)(C)c1ccc(O)cc1. The molecule has 0 aliphatic heterocycles. The summed E-state index contributed by atoms with van der Waals surface area (Å²) in [6, 6.07) is 21.3. The van der Waals surface area contributed by atoms with Crippen LogP contribution in [0, 0.1) is 0 Å². The van der Waals surface area contributed by atoms with E-state index in [0.29, 0.717) is 17.6 Å². The Hall–Kier alpha value is -2.28. The molecule has 1 N–H and O–H groups in total. The molecule has 0 bridgehead atoms. The summed E-state index contributed by atoms with van der Waals surface area (Å²) in [6.07, 6.45) is 2.29. The van der Waals surface area contributed by atoms with Crippen molar-refractivity contribution in [2.75, 3.05) is 0 Å². The predicted octanol–water partition coefficient (Wildman–Crippen LogP) is 6.50. The third-order valence-corrected chi connectivity index (χ3v) is 6.07. The molecule has 1 nitrogen and oxygen atoms in total. The van der Waals surface area contributed by atoms with E-state index >= 15 is 0 Å². The number of phenolic OH excluding ortho intramolecular Hbond substituents is 1. The maximum Gasteiger partial charge on any atom is 0.115 e. The van der Waals surface area contributed by atoms with E-state index in [1.165, 1.54) is 33.9 Å². The second kappa shape index (κ2) is 5.91. The quantitative estimate of drug-likeness (QED) is 0.578. The first-order chi connectivity index (χ1) is 12.0. The number of aromatic hydroxyl groups is 1. The third kappa shape index (κ3) is 2.63. The smallest absolute Gasteiger partial charge is 0.115 e. The molecule has 0 heterocycles. The van der Waals surface area contributed by atoms with Crippen LogP contribution in [0.2, 0.25) is 0 Å². The van der Waals surface area contributed by atoms with Crippen LogP contribution in [0.25, 0.3) is 10.8 Å². The van der Waals surface area contributed by atoms with Gasteiger partial charge in [0.25, 0.3) is 0 Å². The summed E-state index contributed by atoms with van der Waals surface area (Å²) in [5.41, 5.74) is 4.41. The van der Waals surface area contributed by atoms with Crippen molar-refractivity contribution in [3.8, 4) is 5.75 Å². The van der Waals surface area contributed by atoms with Crippen molar-refractivity contribution < 1.29 is 5.11 Å². The van der Waals surface area contributed by atoms with E-state index in [9.17, 15) is 5.11 Å². The fraction of sp³-hybridized carbons (Fsp3) is 0.333. The Morgan fingerprint density at radius 2 is 1.44 bits per heavy atom. The van der Waals surface area contributed by atoms with Gasteiger partial charge in [-0.15, -0.1) is 0 Å². The lowest BCUT2D eigenvalue weighted by Gasteiger charge is -2.32.